The normalized spacial score (nSPS) is 10.4. The molecule has 0 saturated carbocycles. The van der Waals surface area contributed by atoms with Gasteiger partial charge in [-0.25, -0.2) is 14.8 Å². The van der Waals surface area contributed by atoms with Gasteiger partial charge in [0.05, 0.1) is 12.0 Å². The Bertz CT molecular complexity index is 695. The molecule has 0 spiro atoms. The zero-order valence-corrected chi connectivity index (χ0v) is 11.5. The number of nitro benzene ring substituents is 1. The number of rotatable bonds is 5. The molecule has 1 aromatic carbocycles. The molecule has 2 aromatic rings. The highest BCUT2D eigenvalue weighted by Crippen LogP contribution is 2.17. The van der Waals surface area contributed by atoms with Gasteiger partial charge < -0.3 is 9.47 Å². The van der Waals surface area contributed by atoms with Crippen molar-refractivity contribution in [1.82, 2.24) is 9.97 Å². The van der Waals surface area contributed by atoms with Crippen LogP contribution in [0.15, 0.2) is 42.7 Å². The second kappa shape index (κ2) is 6.93. The standard InChI is InChI=1S/C14H11N3O5/c1-21-14-15-8-10(9-16-14)2-7-13(18)22-12-5-3-11(4-6-12)17(19)20/h2-9H,1H3/b7-2+. The average Bonchev–Trinajstić information content (AvgIpc) is 2.54. The minimum absolute atomic E-state index is 0.0780. The van der Waals surface area contributed by atoms with Crippen LogP contribution in [0.3, 0.4) is 0 Å². The second-order valence-corrected chi connectivity index (χ2v) is 4.01. The molecule has 22 heavy (non-hydrogen) atoms. The Hall–Kier alpha value is -3.29. The lowest BCUT2D eigenvalue weighted by Crippen LogP contribution is -2.03. The van der Waals surface area contributed by atoms with Gasteiger partial charge in [-0.15, -0.1) is 0 Å². The van der Waals surface area contributed by atoms with Crippen LogP contribution in [0.4, 0.5) is 5.69 Å². The van der Waals surface area contributed by atoms with E-state index in [-0.39, 0.29) is 17.4 Å². The molecule has 1 aromatic heterocycles. The monoisotopic (exact) mass is 301 g/mol. The third-order valence-corrected chi connectivity index (χ3v) is 2.51. The van der Waals surface area contributed by atoms with Crippen molar-refractivity contribution in [3.05, 3.63) is 58.4 Å². The number of hydrogen-bond acceptors (Lipinski definition) is 7. The highest BCUT2D eigenvalue weighted by atomic mass is 16.6. The van der Waals surface area contributed by atoms with Crippen LogP contribution in [-0.2, 0) is 4.79 Å². The molecule has 0 unspecified atom stereocenters. The van der Waals surface area contributed by atoms with Crippen LogP contribution in [0.5, 0.6) is 11.8 Å². The number of esters is 1. The maximum absolute atomic E-state index is 11.6. The topological polar surface area (TPSA) is 104 Å². The molecular weight excluding hydrogens is 290 g/mol. The molecule has 0 saturated heterocycles. The van der Waals surface area contributed by atoms with E-state index < -0.39 is 10.9 Å². The van der Waals surface area contributed by atoms with Crippen molar-refractivity contribution in [1.29, 1.82) is 0 Å². The van der Waals surface area contributed by atoms with E-state index in [2.05, 4.69) is 9.97 Å². The predicted molar refractivity (Wildman–Crippen MR) is 76.3 cm³/mol. The van der Waals surface area contributed by atoms with E-state index in [0.29, 0.717) is 5.56 Å². The number of aromatic nitrogens is 2. The molecule has 1 heterocycles. The summed E-state index contributed by atoms with van der Waals surface area (Å²) < 4.78 is 9.82. The van der Waals surface area contributed by atoms with Crippen LogP contribution in [0.25, 0.3) is 6.08 Å². The highest BCUT2D eigenvalue weighted by molar-refractivity contribution is 5.88. The molecule has 0 aliphatic carbocycles. The second-order valence-electron chi connectivity index (χ2n) is 4.01. The van der Waals surface area contributed by atoms with Gasteiger partial charge in [0, 0.05) is 36.2 Å². The molecule has 0 aliphatic rings. The minimum Gasteiger partial charge on any atom is -0.467 e. The van der Waals surface area contributed by atoms with Crippen LogP contribution < -0.4 is 9.47 Å². The third kappa shape index (κ3) is 4.10. The van der Waals surface area contributed by atoms with Gasteiger partial charge in [-0.2, -0.15) is 0 Å². The zero-order valence-electron chi connectivity index (χ0n) is 11.5. The lowest BCUT2D eigenvalue weighted by Gasteiger charge is -2.00. The molecule has 0 amide bonds. The molecule has 8 heteroatoms. The predicted octanol–water partition coefficient (Wildman–Crippen LogP) is 2.01. The van der Waals surface area contributed by atoms with Crippen LogP contribution in [0.1, 0.15) is 5.56 Å². The van der Waals surface area contributed by atoms with Crippen LogP contribution in [-0.4, -0.2) is 28.0 Å². The molecule has 0 bridgehead atoms. The number of carbonyl (C=O) groups excluding carboxylic acids is 1. The number of benzene rings is 1. The third-order valence-electron chi connectivity index (χ3n) is 2.51. The van der Waals surface area contributed by atoms with Crippen molar-refractivity contribution in [3.8, 4) is 11.8 Å². The van der Waals surface area contributed by atoms with Gasteiger partial charge in [-0.05, 0) is 18.2 Å². The maximum Gasteiger partial charge on any atom is 0.336 e. The summed E-state index contributed by atoms with van der Waals surface area (Å²) in [7, 11) is 1.45. The minimum atomic E-state index is -0.621. The fourth-order valence-electron chi connectivity index (χ4n) is 1.47. The first-order chi connectivity index (χ1) is 10.6. The first-order valence-electron chi connectivity index (χ1n) is 6.09. The van der Waals surface area contributed by atoms with Crippen molar-refractivity contribution in [2.45, 2.75) is 0 Å². The quantitative estimate of drug-likeness (QED) is 0.273. The summed E-state index contributed by atoms with van der Waals surface area (Å²) in [5, 5.41) is 10.5. The van der Waals surface area contributed by atoms with E-state index in [1.54, 1.807) is 0 Å². The van der Waals surface area contributed by atoms with E-state index in [1.165, 1.54) is 55.9 Å². The molecule has 0 fully saturated rings. The Morgan fingerprint density at radius 1 is 1.23 bits per heavy atom. The fourth-order valence-corrected chi connectivity index (χ4v) is 1.47. The molecular formula is C14H11N3O5. The summed E-state index contributed by atoms with van der Waals surface area (Å²) in [4.78, 5) is 29.4. The summed E-state index contributed by atoms with van der Waals surface area (Å²) >= 11 is 0. The maximum atomic E-state index is 11.6. The smallest absolute Gasteiger partial charge is 0.336 e. The number of nitro groups is 1. The SMILES string of the molecule is COc1ncc(/C=C/C(=O)Oc2ccc([N+](=O)[O-])cc2)cn1. The van der Waals surface area contributed by atoms with Crippen molar-refractivity contribution in [3.63, 3.8) is 0 Å². The number of non-ortho nitro benzene ring substituents is 1. The molecule has 0 atom stereocenters. The van der Waals surface area contributed by atoms with Crippen molar-refractivity contribution < 1.29 is 19.2 Å². The summed E-state index contributed by atoms with van der Waals surface area (Å²) in [5.41, 5.74) is 0.521. The summed E-state index contributed by atoms with van der Waals surface area (Å²) in [6, 6.07) is 5.43. The molecule has 0 aliphatic heterocycles. The molecule has 0 N–H and O–H groups in total. The Morgan fingerprint density at radius 3 is 2.41 bits per heavy atom. The van der Waals surface area contributed by atoms with Crippen LogP contribution >= 0.6 is 0 Å². The van der Waals surface area contributed by atoms with Crippen molar-refractivity contribution in [2.75, 3.05) is 7.11 Å². The highest BCUT2D eigenvalue weighted by Gasteiger charge is 2.06. The number of ether oxygens (including phenoxy) is 2. The van der Waals surface area contributed by atoms with Crippen molar-refractivity contribution >= 4 is 17.7 Å². The average molecular weight is 301 g/mol. The first kappa shape index (κ1) is 15.1. The Morgan fingerprint density at radius 2 is 1.86 bits per heavy atom. The zero-order chi connectivity index (χ0) is 15.9. The van der Waals surface area contributed by atoms with Crippen LogP contribution in [0.2, 0.25) is 0 Å². The molecule has 0 radical (unpaired) electrons. The summed E-state index contributed by atoms with van der Waals surface area (Å²) in [5.74, 6) is -0.407. The number of methoxy groups -OCH3 is 1. The summed E-state index contributed by atoms with van der Waals surface area (Å²) in [6.07, 6.45) is 5.66. The molecule has 112 valence electrons. The van der Waals surface area contributed by atoms with E-state index in [9.17, 15) is 14.9 Å². The van der Waals surface area contributed by atoms with E-state index >= 15 is 0 Å². The Balaban J connectivity index is 1.96. The van der Waals surface area contributed by atoms with E-state index in [0.717, 1.165) is 0 Å². The van der Waals surface area contributed by atoms with Crippen molar-refractivity contribution in [2.24, 2.45) is 0 Å². The lowest BCUT2D eigenvalue weighted by atomic mass is 10.3. The fraction of sp³-hybridized carbons (Fsp3) is 0.0714. The van der Waals surface area contributed by atoms with E-state index in [1.807, 2.05) is 0 Å². The van der Waals surface area contributed by atoms with E-state index in [4.69, 9.17) is 9.47 Å². The van der Waals surface area contributed by atoms with Gasteiger partial charge in [-0.1, -0.05) is 0 Å². The van der Waals surface area contributed by atoms with Gasteiger partial charge in [0.25, 0.3) is 5.69 Å². The van der Waals surface area contributed by atoms with Gasteiger partial charge in [-0.3, -0.25) is 10.1 Å². The molecule has 2 rings (SSSR count). The number of hydrogen-bond donors (Lipinski definition) is 0. The largest absolute Gasteiger partial charge is 0.467 e. The van der Waals surface area contributed by atoms with Gasteiger partial charge in [0.1, 0.15) is 5.75 Å². The lowest BCUT2D eigenvalue weighted by molar-refractivity contribution is -0.384. The first-order valence-corrected chi connectivity index (χ1v) is 6.09. The van der Waals surface area contributed by atoms with Crippen LogP contribution in [0, 0.1) is 10.1 Å². The Labute approximate surface area is 125 Å². The van der Waals surface area contributed by atoms with Gasteiger partial charge in [0.15, 0.2) is 0 Å². The summed E-state index contributed by atoms with van der Waals surface area (Å²) in [6.45, 7) is 0. The number of carbonyl (C=O) groups is 1. The Kier molecular flexibility index (Phi) is 4.76. The van der Waals surface area contributed by atoms with Gasteiger partial charge >= 0.3 is 12.0 Å². The molecule has 8 nitrogen and oxygen atoms in total. The number of nitrogens with zero attached hydrogens (tertiary/aromatic N) is 3. The van der Waals surface area contributed by atoms with Gasteiger partial charge in [0.2, 0.25) is 0 Å².